The molecule has 0 aromatic heterocycles. The maximum atomic E-state index is 12.2. The first kappa shape index (κ1) is 20.4. The van der Waals surface area contributed by atoms with E-state index in [1.807, 2.05) is 26.8 Å². The fraction of sp³-hybridized carbons (Fsp3) is 0.833. The summed E-state index contributed by atoms with van der Waals surface area (Å²) in [7, 11) is 0. The zero-order valence-corrected chi connectivity index (χ0v) is 15.8. The quantitative estimate of drug-likeness (QED) is 0.683. The molecule has 1 amide bonds. The normalized spacial score (nSPS) is 20.4. The molecule has 0 bridgehead atoms. The number of hydrogen-bond donors (Lipinski definition) is 2. The summed E-state index contributed by atoms with van der Waals surface area (Å²) in [5, 5.41) is 13.3. The zero-order chi connectivity index (χ0) is 17.5. The number of ether oxygens (including phenoxy) is 1. The Kier molecular flexibility index (Phi) is 8.48. The van der Waals surface area contributed by atoms with Gasteiger partial charge in [-0.15, -0.1) is 6.58 Å². The molecule has 5 heteroatoms. The number of aliphatic hydroxyl groups excluding tert-OH is 1. The second-order valence-electron chi connectivity index (χ2n) is 7.40. The summed E-state index contributed by atoms with van der Waals surface area (Å²) in [6.45, 7) is 11.1. The van der Waals surface area contributed by atoms with Crippen LogP contribution in [0.5, 0.6) is 0 Å². The molecular formula is C18H33NO3S. The van der Waals surface area contributed by atoms with Crippen LogP contribution in [-0.2, 0) is 4.74 Å². The van der Waals surface area contributed by atoms with Gasteiger partial charge < -0.3 is 15.2 Å². The van der Waals surface area contributed by atoms with Crippen molar-refractivity contribution < 1.29 is 14.6 Å². The third-order valence-electron chi connectivity index (χ3n) is 4.08. The number of hydrogen-bond acceptors (Lipinski definition) is 4. The van der Waals surface area contributed by atoms with Crippen molar-refractivity contribution in [3.05, 3.63) is 12.7 Å². The standard InChI is InChI=1S/C18H33NO3S/c1-6-12-23-16(14-10-8-7-9-11-14)15(13(2)20)19-17(21)22-18(3,4)5/h6,13-16,20H,1,7-12H2,2-5H3,(H,19,21). The van der Waals surface area contributed by atoms with Gasteiger partial charge in [-0.3, -0.25) is 0 Å². The molecule has 0 radical (unpaired) electrons. The van der Waals surface area contributed by atoms with E-state index in [9.17, 15) is 9.90 Å². The Morgan fingerprint density at radius 2 is 2.00 bits per heavy atom. The molecule has 0 aromatic rings. The molecule has 1 aliphatic carbocycles. The summed E-state index contributed by atoms with van der Waals surface area (Å²) in [4.78, 5) is 12.2. The molecule has 1 saturated carbocycles. The van der Waals surface area contributed by atoms with Gasteiger partial charge in [-0.1, -0.05) is 25.3 Å². The maximum Gasteiger partial charge on any atom is 0.407 e. The van der Waals surface area contributed by atoms with Gasteiger partial charge in [-0.25, -0.2) is 4.79 Å². The van der Waals surface area contributed by atoms with Crippen LogP contribution in [0.25, 0.3) is 0 Å². The highest BCUT2D eigenvalue weighted by Gasteiger charge is 2.35. The van der Waals surface area contributed by atoms with Gasteiger partial charge in [0, 0.05) is 11.0 Å². The third-order valence-corrected chi connectivity index (χ3v) is 5.57. The number of rotatable bonds is 7. The van der Waals surface area contributed by atoms with Crippen LogP contribution >= 0.6 is 11.8 Å². The third kappa shape index (κ3) is 7.62. The highest BCUT2D eigenvalue weighted by molar-refractivity contribution is 8.00. The molecule has 1 aliphatic rings. The lowest BCUT2D eigenvalue weighted by atomic mass is 9.83. The lowest BCUT2D eigenvalue weighted by molar-refractivity contribution is 0.0418. The number of nitrogens with one attached hydrogen (secondary N) is 1. The highest BCUT2D eigenvalue weighted by Crippen LogP contribution is 2.35. The fourth-order valence-corrected chi connectivity index (χ4v) is 4.50. The summed E-state index contributed by atoms with van der Waals surface area (Å²) >= 11 is 1.78. The number of amides is 1. The second-order valence-corrected chi connectivity index (χ2v) is 8.61. The van der Waals surface area contributed by atoms with E-state index in [1.165, 1.54) is 19.3 Å². The average Bonchev–Trinajstić information content (AvgIpc) is 2.45. The topological polar surface area (TPSA) is 58.6 Å². The van der Waals surface area contributed by atoms with E-state index in [4.69, 9.17) is 4.74 Å². The molecule has 0 spiro atoms. The Morgan fingerprint density at radius 1 is 1.39 bits per heavy atom. The van der Waals surface area contributed by atoms with Crippen molar-refractivity contribution in [2.45, 2.75) is 82.8 Å². The van der Waals surface area contributed by atoms with Gasteiger partial charge >= 0.3 is 6.09 Å². The van der Waals surface area contributed by atoms with Crippen molar-refractivity contribution in [3.8, 4) is 0 Å². The minimum absolute atomic E-state index is 0.181. The summed E-state index contributed by atoms with van der Waals surface area (Å²) in [5.41, 5.74) is -0.540. The first-order valence-electron chi connectivity index (χ1n) is 8.64. The first-order valence-corrected chi connectivity index (χ1v) is 9.69. The molecule has 3 unspecified atom stereocenters. The highest BCUT2D eigenvalue weighted by atomic mass is 32.2. The fourth-order valence-electron chi connectivity index (χ4n) is 3.10. The Balaban J connectivity index is 2.81. The number of alkyl carbamates (subject to hydrolysis) is 1. The average molecular weight is 344 g/mol. The monoisotopic (exact) mass is 343 g/mol. The van der Waals surface area contributed by atoms with Crippen molar-refractivity contribution >= 4 is 17.9 Å². The summed E-state index contributed by atoms with van der Waals surface area (Å²) < 4.78 is 5.37. The Morgan fingerprint density at radius 3 is 2.48 bits per heavy atom. The van der Waals surface area contributed by atoms with Gasteiger partial charge in [-0.2, -0.15) is 11.8 Å². The Bertz CT molecular complexity index is 373. The molecular weight excluding hydrogens is 310 g/mol. The number of carbonyl (C=O) groups is 1. The predicted octanol–water partition coefficient (Wildman–Crippen LogP) is 4.13. The van der Waals surface area contributed by atoms with Crippen molar-refractivity contribution in [1.82, 2.24) is 5.32 Å². The van der Waals surface area contributed by atoms with Crippen LogP contribution in [-0.4, -0.2) is 39.9 Å². The van der Waals surface area contributed by atoms with E-state index < -0.39 is 17.8 Å². The zero-order valence-electron chi connectivity index (χ0n) is 15.0. The van der Waals surface area contributed by atoms with Gasteiger partial charge in [0.15, 0.2) is 0 Å². The number of aliphatic hydroxyl groups is 1. The molecule has 0 heterocycles. The van der Waals surface area contributed by atoms with Crippen LogP contribution in [0.4, 0.5) is 4.79 Å². The lowest BCUT2D eigenvalue weighted by Crippen LogP contribution is -2.52. The molecule has 1 rings (SSSR count). The number of carbonyl (C=O) groups excluding carboxylic acids is 1. The molecule has 2 N–H and O–H groups in total. The molecule has 134 valence electrons. The van der Waals surface area contributed by atoms with Gasteiger partial charge in [0.25, 0.3) is 0 Å². The van der Waals surface area contributed by atoms with Crippen LogP contribution in [0.1, 0.15) is 59.8 Å². The van der Waals surface area contributed by atoms with E-state index in [2.05, 4.69) is 11.9 Å². The van der Waals surface area contributed by atoms with Crippen LogP contribution in [0.2, 0.25) is 0 Å². The van der Waals surface area contributed by atoms with Crippen molar-refractivity contribution in [3.63, 3.8) is 0 Å². The van der Waals surface area contributed by atoms with E-state index in [0.717, 1.165) is 18.6 Å². The molecule has 0 aliphatic heterocycles. The van der Waals surface area contributed by atoms with Gasteiger partial charge in [0.2, 0.25) is 0 Å². The largest absolute Gasteiger partial charge is 0.444 e. The minimum Gasteiger partial charge on any atom is -0.444 e. The maximum absolute atomic E-state index is 12.2. The van der Waals surface area contributed by atoms with Crippen LogP contribution in [0.3, 0.4) is 0 Å². The predicted molar refractivity (Wildman–Crippen MR) is 97.9 cm³/mol. The van der Waals surface area contributed by atoms with Crippen LogP contribution in [0.15, 0.2) is 12.7 Å². The van der Waals surface area contributed by atoms with Gasteiger partial charge in [0.05, 0.1) is 12.1 Å². The lowest BCUT2D eigenvalue weighted by Gasteiger charge is -2.37. The second kappa shape index (κ2) is 9.58. The Labute approximate surface area is 145 Å². The Hall–Kier alpha value is -0.680. The van der Waals surface area contributed by atoms with Crippen molar-refractivity contribution in [1.29, 1.82) is 0 Å². The van der Waals surface area contributed by atoms with Crippen molar-refractivity contribution in [2.24, 2.45) is 5.92 Å². The van der Waals surface area contributed by atoms with Crippen molar-refractivity contribution in [2.75, 3.05) is 5.75 Å². The summed E-state index contributed by atoms with van der Waals surface area (Å²) in [5.74, 6) is 1.34. The summed E-state index contributed by atoms with van der Waals surface area (Å²) in [6.07, 6.45) is 6.88. The van der Waals surface area contributed by atoms with Gasteiger partial charge in [-0.05, 0) is 46.5 Å². The smallest absolute Gasteiger partial charge is 0.407 e. The summed E-state index contributed by atoms with van der Waals surface area (Å²) in [6, 6.07) is -0.308. The van der Waals surface area contributed by atoms with Gasteiger partial charge in [0.1, 0.15) is 5.60 Å². The molecule has 1 fully saturated rings. The molecule has 0 saturated heterocycles. The van der Waals surface area contributed by atoms with E-state index >= 15 is 0 Å². The first-order chi connectivity index (χ1) is 10.7. The molecule has 4 nitrogen and oxygen atoms in total. The number of thioether (sulfide) groups is 1. The van der Waals surface area contributed by atoms with E-state index in [-0.39, 0.29) is 11.3 Å². The van der Waals surface area contributed by atoms with E-state index in [0.29, 0.717) is 5.92 Å². The van der Waals surface area contributed by atoms with Crippen LogP contribution in [0, 0.1) is 5.92 Å². The van der Waals surface area contributed by atoms with Crippen LogP contribution < -0.4 is 5.32 Å². The molecule has 23 heavy (non-hydrogen) atoms. The van der Waals surface area contributed by atoms with E-state index in [1.54, 1.807) is 18.7 Å². The molecule has 3 atom stereocenters. The SMILES string of the molecule is C=CCSC(C1CCCCC1)C(NC(=O)OC(C)(C)C)C(C)O. The minimum atomic E-state index is -0.619. The molecule has 0 aromatic carbocycles.